The molecule has 0 spiro atoms. The number of pyridine rings is 1. The Kier molecular flexibility index (Phi) is 10.1. The number of nitrogens with one attached hydrogen (secondary N) is 1. The topological polar surface area (TPSA) is 149 Å². The molecule has 1 aromatic heterocycles. The van der Waals surface area contributed by atoms with Gasteiger partial charge in [0.1, 0.15) is 11.4 Å². The van der Waals surface area contributed by atoms with Crippen molar-refractivity contribution in [2.24, 2.45) is 5.92 Å². The minimum atomic E-state index is -5.08. The summed E-state index contributed by atoms with van der Waals surface area (Å²) in [7, 11) is -3.49. The zero-order valence-electron chi connectivity index (χ0n) is 19.1. The molecule has 2 aliphatic rings. The number of hydrogen-bond donors (Lipinski definition) is 3. The van der Waals surface area contributed by atoms with Crippen LogP contribution in [0.3, 0.4) is 0 Å². The number of carbonyl (C=O) groups is 2. The van der Waals surface area contributed by atoms with Gasteiger partial charge in [0.15, 0.2) is 0 Å². The molecule has 1 aromatic rings. The Hall–Kier alpha value is -2.65. The molecule has 198 valence electrons. The van der Waals surface area contributed by atoms with Crippen molar-refractivity contribution in [2.45, 2.75) is 25.4 Å². The molecule has 0 unspecified atom stereocenters. The van der Waals surface area contributed by atoms with E-state index in [2.05, 4.69) is 14.6 Å². The van der Waals surface area contributed by atoms with Crippen LogP contribution in [-0.4, -0.2) is 98.8 Å². The predicted octanol–water partition coefficient (Wildman–Crippen LogP) is 1.72. The van der Waals surface area contributed by atoms with Crippen LogP contribution in [0, 0.1) is 5.92 Å². The van der Waals surface area contributed by atoms with Gasteiger partial charge in [-0.25, -0.2) is 23.0 Å². The van der Waals surface area contributed by atoms with Crippen LogP contribution in [0.25, 0.3) is 0 Å². The molecule has 0 amide bonds. The number of aliphatic carboxylic acids is 1. The number of anilines is 2. The highest BCUT2D eigenvalue weighted by molar-refractivity contribution is 7.92. The summed E-state index contributed by atoms with van der Waals surface area (Å²) in [5.41, 5.74) is 0.171. The maximum atomic E-state index is 11.7. The molecule has 0 aliphatic carbocycles. The van der Waals surface area contributed by atoms with E-state index in [1.807, 2.05) is 4.90 Å². The number of rotatable bonds is 7. The van der Waals surface area contributed by atoms with Crippen LogP contribution in [0.15, 0.2) is 12.3 Å². The van der Waals surface area contributed by atoms with Gasteiger partial charge in [-0.1, -0.05) is 0 Å². The Balaban J connectivity index is 0.000000540. The van der Waals surface area contributed by atoms with Crippen molar-refractivity contribution in [2.75, 3.05) is 61.8 Å². The fourth-order valence-electron chi connectivity index (χ4n) is 3.76. The molecule has 0 aromatic carbocycles. The van der Waals surface area contributed by atoms with Gasteiger partial charge in [-0.15, -0.1) is 0 Å². The molecule has 3 heterocycles. The van der Waals surface area contributed by atoms with E-state index < -0.39 is 28.1 Å². The molecule has 0 radical (unpaired) electrons. The van der Waals surface area contributed by atoms with Crippen LogP contribution in [0.4, 0.5) is 24.7 Å². The minimum Gasteiger partial charge on any atom is -0.478 e. The molecule has 2 saturated heterocycles. The molecule has 15 heteroatoms. The number of ether oxygens (including phenoxy) is 1. The number of morpholine rings is 1. The lowest BCUT2D eigenvalue weighted by Crippen LogP contribution is -2.39. The van der Waals surface area contributed by atoms with Gasteiger partial charge in [-0.05, 0) is 37.8 Å². The number of piperidine rings is 1. The Morgan fingerprint density at radius 3 is 2.23 bits per heavy atom. The zero-order valence-corrected chi connectivity index (χ0v) is 19.9. The quantitative estimate of drug-likeness (QED) is 0.479. The van der Waals surface area contributed by atoms with Crippen LogP contribution < -0.4 is 9.62 Å². The predicted molar refractivity (Wildman–Crippen MR) is 120 cm³/mol. The number of alkyl halides is 3. The van der Waals surface area contributed by atoms with Crippen LogP contribution in [0.1, 0.15) is 29.6 Å². The highest BCUT2D eigenvalue weighted by Crippen LogP contribution is 2.28. The van der Waals surface area contributed by atoms with Gasteiger partial charge in [0.05, 0.1) is 31.4 Å². The number of halogens is 3. The number of aromatic nitrogens is 1. The normalized spacial score (nSPS) is 17.9. The second-order valence-corrected chi connectivity index (χ2v) is 10.00. The van der Waals surface area contributed by atoms with E-state index in [4.69, 9.17) is 14.6 Å². The monoisotopic (exact) mass is 526 g/mol. The van der Waals surface area contributed by atoms with Gasteiger partial charge in [0, 0.05) is 26.2 Å². The minimum absolute atomic E-state index is 0.0143. The maximum absolute atomic E-state index is 11.7. The molecule has 0 saturated carbocycles. The van der Waals surface area contributed by atoms with Crippen molar-refractivity contribution >= 4 is 33.5 Å². The van der Waals surface area contributed by atoms with Crippen molar-refractivity contribution in [3.8, 4) is 0 Å². The Labute approximate surface area is 200 Å². The van der Waals surface area contributed by atoms with Gasteiger partial charge >= 0.3 is 18.1 Å². The van der Waals surface area contributed by atoms with E-state index in [1.54, 1.807) is 0 Å². The number of carboxylic acids is 2. The Bertz CT molecular complexity index is 977. The van der Waals surface area contributed by atoms with E-state index >= 15 is 0 Å². The van der Waals surface area contributed by atoms with Crippen LogP contribution in [0.5, 0.6) is 0 Å². The van der Waals surface area contributed by atoms with Crippen molar-refractivity contribution in [3.63, 3.8) is 0 Å². The summed E-state index contributed by atoms with van der Waals surface area (Å²) in [6.07, 6.45) is 0.434. The van der Waals surface area contributed by atoms with E-state index in [1.165, 1.54) is 12.3 Å². The summed E-state index contributed by atoms with van der Waals surface area (Å²) in [5, 5.41) is 16.7. The fraction of sp³-hybridized carbons (Fsp3) is 0.650. The molecular formula is C20H29F3N4O7S. The Morgan fingerprint density at radius 2 is 1.74 bits per heavy atom. The standard InChI is InChI=1S/C18H28N4O5S.C2HF3O2/c1-28(25,26)20-15-12-16(18(23)24)17(19-13-15)22-6-3-14(4-7-22)2-5-21-8-10-27-11-9-21;3-2(4,5)1(6)7/h12-14,20H,2-11H2,1H3,(H,23,24);(H,6,7). The van der Waals surface area contributed by atoms with Gasteiger partial charge < -0.3 is 19.8 Å². The smallest absolute Gasteiger partial charge is 0.478 e. The molecule has 3 N–H and O–H groups in total. The molecule has 35 heavy (non-hydrogen) atoms. The molecule has 2 aliphatic heterocycles. The third-order valence-electron chi connectivity index (χ3n) is 5.51. The summed E-state index contributed by atoms with van der Waals surface area (Å²) < 4.78 is 62.1. The van der Waals surface area contributed by atoms with Gasteiger partial charge in [0.25, 0.3) is 0 Å². The largest absolute Gasteiger partial charge is 0.490 e. The lowest BCUT2D eigenvalue weighted by atomic mass is 9.93. The number of carboxylic acid groups (broad SMARTS) is 2. The second kappa shape index (κ2) is 12.4. The molecule has 0 bridgehead atoms. The number of hydrogen-bond acceptors (Lipinski definition) is 8. The number of sulfonamides is 1. The molecule has 2 fully saturated rings. The van der Waals surface area contributed by atoms with E-state index in [0.29, 0.717) is 11.7 Å². The number of nitrogens with zero attached hydrogens (tertiary/aromatic N) is 3. The van der Waals surface area contributed by atoms with Gasteiger partial charge in [0.2, 0.25) is 10.0 Å². The Morgan fingerprint density at radius 1 is 1.17 bits per heavy atom. The highest BCUT2D eigenvalue weighted by atomic mass is 32.2. The number of aromatic carboxylic acids is 1. The van der Waals surface area contributed by atoms with Crippen LogP contribution in [-0.2, 0) is 19.6 Å². The van der Waals surface area contributed by atoms with E-state index in [-0.39, 0.29) is 11.3 Å². The van der Waals surface area contributed by atoms with Gasteiger partial charge in [-0.2, -0.15) is 13.2 Å². The first-order valence-electron chi connectivity index (χ1n) is 10.8. The van der Waals surface area contributed by atoms with Crippen molar-refractivity contribution in [1.29, 1.82) is 0 Å². The first kappa shape index (κ1) is 28.6. The summed E-state index contributed by atoms with van der Waals surface area (Å²) in [6, 6.07) is 1.33. The average molecular weight is 527 g/mol. The first-order chi connectivity index (χ1) is 16.3. The van der Waals surface area contributed by atoms with Crippen molar-refractivity contribution < 1.29 is 46.1 Å². The maximum Gasteiger partial charge on any atom is 0.490 e. The van der Waals surface area contributed by atoms with Crippen LogP contribution >= 0.6 is 0 Å². The second-order valence-electron chi connectivity index (χ2n) is 8.25. The summed E-state index contributed by atoms with van der Waals surface area (Å²) >= 11 is 0. The molecular weight excluding hydrogens is 497 g/mol. The van der Waals surface area contributed by atoms with Crippen molar-refractivity contribution in [3.05, 3.63) is 17.8 Å². The lowest BCUT2D eigenvalue weighted by molar-refractivity contribution is -0.192. The molecule has 0 atom stereocenters. The van der Waals surface area contributed by atoms with E-state index in [9.17, 15) is 31.5 Å². The van der Waals surface area contributed by atoms with Crippen molar-refractivity contribution in [1.82, 2.24) is 9.88 Å². The third kappa shape index (κ3) is 9.85. The lowest BCUT2D eigenvalue weighted by Gasteiger charge is -2.35. The summed E-state index contributed by atoms with van der Waals surface area (Å²) in [4.78, 5) is 29.2. The molecule has 11 nitrogen and oxygen atoms in total. The SMILES string of the molecule is CS(=O)(=O)Nc1cnc(N2CCC(CCN3CCOCC3)CC2)c(C(=O)O)c1.O=C(O)C(F)(F)F. The third-order valence-corrected chi connectivity index (χ3v) is 6.12. The van der Waals surface area contributed by atoms with Crippen LogP contribution in [0.2, 0.25) is 0 Å². The summed E-state index contributed by atoms with van der Waals surface area (Å²) in [6.45, 7) is 6.20. The summed E-state index contributed by atoms with van der Waals surface area (Å²) in [5.74, 6) is -2.85. The molecule has 3 rings (SSSR count). The fourth-order valence-corrected chi connectivity index (χ4v) is 4.30. The zero-order chi connectivity index (χ0) is 26.2. The van der Waals surface area contributed by atoms with E-state index in [0.717, 1.165) is 71.5 Å². The highest BCUT2D eigenvalue weighted by Gasteiger charge is 2.38. The van der Waals surface area contributed by atoms with Gasteiger partial charge in [-0.3, -0.25) is 9.62 Å². The average Bonchev–Trinajstić information content (AvgIpc) is 2.77. The first-order valence-corrected chi connectivity index (χ1v) is 12.7.